The van der Waals surface area contributed by atoms with Crippen molar-refractivity contribution >= 4 is 5.91 Å². The Morgan fingerprint density at radius 1 is 1.23 bits per heavy atom. The lowest BCUT2D eigenvalue weighted by molar-refractivity contribution is -0.274. The van der Waals surface area contributed by atoms with Crippen LogP contribution in [0, 0.1) is 0 Å². The molecule has 0 radical (unpaired) electrons. The highest BCUT2D eigenvalue weighted by Gasteiger charge is 2.44. The quantitative estimate of drug-likeness (QED) is 0.887. The summed E-state index contributed by atoms with van der Waals surface area (Å²) in [7, 11) is 0. The number of rotatable bonds is 2. The fourth-order valence-electron chi connectivity index (χ4n) is 4.15. The molecule has 1 aromatic carbocycles. The smallest absolute Gasteiger partial charge is 0.406 e. The van der Waals surface area contributed by atoms with Gasteiger partial charge in [0, 0.05) is 29.8 Å². The van der Waals surface area contributed by atoms with Crippen LogP contribution in [0.25, 0.3) is 0 Å². The number of amides is 1. The van der Waals surface area contributed by atoms with Gasteiger partial charge in [-0.3, -0.25) is 9.89 Å². The highest BCUT2D eigenvalue weighted by Crippen LogP contribution is 2.44. The topological polar surface area (TPSA) is 58.2 Å². The highest BCUT2D eigenvalue weighted by molar-refractivity contribution is 5.94. The van der Waals surface area contributed by atoms with Crippen molar-refractivity contribution in [3.8, 4) is 5.75 Å². The van der Waals surface area contributed by atoms with E-state index >= 15 is 0 Å². The average molecular weight is 365 g/mol. The summed E-state index contributed by atoms with van der Waals surface area (Å²) in [4.78, 5) is 14.6. The van der Waals surface area contributed by atoms with Crippen LogP contribution >= 0.6 is 0 Å². The van der Waals surface area contributed by atoms with Crippen molar-refractivity contribution in [3.05, 3.63) is 47.3 Å². The Labute approximate surface area is 148 Å². The third-order valence-corrected chi connectivity index (χ3v) is 5.32. The van der Waals surface area contributed by atoms with Crippen molar-refractivity contribution in [1.29, 1.82) is 0 Å². The second kappa shape index (κ2) is 6.03. The minimum absolute atomic E-state index is 0.0842. The lowest BCUT2D eigenvalue weighted by Gasteiger charge is -2.40. The van der Waals surface area contributed by atoms with E-state index < -0.39 is 6.36 Å². The number of carbonyl (C=O) groups is 1. The van der Waals surface area contributed by atoms with Gasteiger partial charge < -0.3 is 9.64 Å². The highest BCUT2D eigenvalue weighted by atomic mass is 19.4. The van der Waals surface area contributed by atoms with Crippen LogP contribution in [-0.2, 0) is 11.8 Å². The first-order valence-corrected chi connectivity index (χ1v) is 8.54. The minimum atomic E-state index is -4.74. The third-order valence-electron chi connectivity index (χ3n) is 5.32. The molecule has 1 amide bonds. The number of piperidine rings is 1. The van der Waals surface area contributed by atoms with Crippen LogP contribution in [0.4, 0.5) is 13.2 Å². The van der Waals surface area contributed by atoms with Crippen molar-refractivity contribution in [2.45, 2.75) is 37.5 Å². The fraction of sp³-hybridized carbons (Fsp3) is 0.444. The number of halogens is 3. The molecule has 8 heteroatoms. The van der Waals surface area contributed by atoms with Crippen molar-refractivity contribution in [2.75, 3.05) is 13.1 Å². The van der Waals surface area contributed by atoms with Crippen LogP contribution in [0.5, 0.6) is 5.75 Å². The van der Waals surface area contributed by atoms with Gasteiger partial charge in [0.05, 0.1) is 6.20 Å². The second-order valence-electron chi connectivity index (χ2n) is 6.95. The Kier molecular flexibility index (Phi) is 3.93. The number of carbonyl (C=O) groups excluding carboxylic acids is 1. The lowest BCUT2D eigenvalue weighted by atomic mass is 9.77. The molecule has 1 atom stereocenters. The van der Waals surface area contributed by atoms with Gasteiger partial charge in [-0.15, -0.1) is 13.2 Å². The van der Waals surface area contributed by atoms with Crippen molar-refractivity contribution in [3.63, 3.8) is 0 Å². The molecule has 2 aromatic rings. The fourth-order valence-corrected chi connectivity index (χ4v) is 4.15. The number of hydrogen-bond acceptors (Lipinski definition) is 3. The summed E-state index contributed by atoms with van der Waals surface area (Å²) in [5.74, 6) is -0.502. The van der Waals surface area contributed by atoms with Crippen LogP contribution in [0.1, 0.15) is 40.9 Å². The summed E-state index contributed by atoms with van der Waals surface area (Å²) in [6, 6.07) is 5.09. The van der Waals surface area contributed by atoms with Gasteiger partial charge in [0.15, 0.2) is 0 Å². The first kappa shape index (κ1) is 16.9. The van der Waals surface area contributed by atoms with Gasteiger partial charge in [-0.05, 0) is 55.5 Å². The number of hydrogen-bond donors (Lipinski definition) is 1. The zero-order valence-corrected chi connectivity index (χ0v) is 14.0. The predicted molar refractivity (Wildman–Crippen MR) is 86.8 cm³/mol. The number of fused-ring (bicyclic) bond motifs is 2. The number of aromatic nitrogens is 2. The molecule has 0 bridgehead atoms. The molecule has 1 unspecified atom stereocenters. The molecule has 1 aliphatic carbocycles. The molecule has 1 aliphatic heterocycles. The SMILES string of the molecule is O=C(c1ccc(OC(F)(F)F)cc1)N1CCCC2(CCc3cn[nH]c32)C1. The number of benzene rings is 1. The lowest BCUT2D eigenvalue weighted by Crippen LogP contribution is -2.47. The van der Waals surface area contributed by atoms with Crippen molar-refractivity contribution in [1.82, 2.24) is 15.1 Å². The molecule has 1 saturated heterocycles. The maximum Gasteiger partial charge on any atom is 0.573 e. The molecule has 1 N–H and O–H groups in total. The number of alkyl halides is 3. The van der Waals surface area contributed by atoms with E-state index in [4.69, 9.17) is 0 Å². The molecule has 2 heterocycles. The number of nitrogens with zero attached hydrogens (tertiary/aromatic N) is 2. The van der Waals surface area contributed by atoms with Crippen LogP contribution in [0.15, 0.2) is 30.5 Å². The van der Waals surface area contributed by atoms with Crippen LogP contribution in [-0.4, -0.2) is 40.5 Å². The summed E-state index contributed by atoms with van der Waals surface area (Å²) in [5.41, 5.74) is 2.62. The predicted octanol–water partition coefficient (Wildman–Crippen LogP) is 3.43. The van der Waals surface area contributed by atoms with Gasteiger partial charge in [0.2, 0.25) is 0 Å². The summed E-state index contributed by atoms with van der Waals surface area (Å²) in [6.07, 6.45) is 0.944. The van der Waals surface area contributed by atoms with Crippen molar-refractivity contribution < 1.29 is 22.7 Å². The van der Waals surface area contributed by atoms with Gasteiger partial charge in [0.1, 0.15) is 5.75 Å². The second-order valence-corrected chi connectivity index (χ2v) is 6.95. The molecule has 5 nitrogen and oxygen atoms in total. The van der Waals surface area contributed by atoms with Gasteiger partial charge in [0.25, 0.3) is 5.91 Å². The van der Waals surface area contributed by atoms with Crippen molar-refractivity contribution in [2.24, 2.45) is 0 Å². The first-order valence-electron chi connectivity index (χ1n) is 8.54. The zero-order valence-electron chi connectivity index (χ0n) is 14.0. The van der Waals surface area contributed by atoms with Crippen LogP contribution in [0.3, 0.4) is 0 Å². The molecular weight excluding hydrogens is 347 g/mol. The summed E-state index contributed by atoms with van der Waals surface area (Å²) < 4.78 is 40.6. The number of aryl methyl sites for hydroxylation is 1. The van der Waals surface area contributed by atoms with Gasteiger partial charge >= 0.3 is 6.36 Å². The van der Waals surface area contributed by atoms with E-state index in [9.17, 15) is 18.0 Å². The molecular formula is C18H18F3N3O2. The summed E-state index contributed by atoms with van der Waals surface area (Å²) >= 11 is 0. The maximum atomic E-state index is 12.8. The summed E-state index contributed by atoms with van der Waals surface area (Å²) in [5, 5.41) is 7.22. The van der Waals surface area contributed by atoms with E-state index in [0.717, 1.165) is 31.4 Å². The van der Waals surface area contributed by atoms with E-state index in [1.165, 1.54) is 29.8 Å². The Bertz CT molecular complexity index is 816. The van der Waals surface area contributed by atoms with E-state index in [-0.39, 0.29) is 17.1 Å². The largest absolute Gasteiger partial charge is 0.573 e. The monoisotopic (exact) mass is 365 g/mol. The molecule has 1 aromatic heterocycles. The Balaban J connectivity index is 1.50. The van der Waals surface area contributed by atoms with Gasteiger partial charge in [-0.1, -0.05) is 0 Å². The normalized spacial score (nSPS) is 22.5. The van der Waals surface area contributed by atoms with E-state index in [2.05, 4.69) is 14.9 Å². The zero-order chi connectivity index (χ0) is 18.4. The van der Waals surface area contributed by atoms with Crippen LogP contribution < -0.4 is 4.74 Å². The molecule has 26 heavy (non-hydrogen) atoms. The molecule has 1 fully saturated rings. The van der Waals surface area contributed by atoms with E-state index in [1.54, 1.807) is 4.90 Å². The van der Waals surface area contributed by atoms with Crippen LogP contribution in [0.2, 0.25) is 0 Å². The van der Waals surface area contributed by atoms with E-state index in [0.29, 0.717) is 18.7 Å². The molecule has 2 aliphatic rings. The number of nitrogens with one attached hydrogen (secondary N) is 1. The van der Waals surface area contributed by atoms with Gasteiger partial charge in [-0.2, -0.15) is 5.10 Å². The Hall–Kier alpha value is -2.51. The molecule has 0 saturated carbocycles. The Morgan fingerprint density at radius 2 is 2.00 bits per heavy atom. The summed E-state index contributed by atoms with van der Waals surface area (Å²) in [6.45, 7) is 1.24. The average Bonchev–Trinajstić information content (AvgIpc) is 3.19. The third kappa shape index (κ3) is 3.04. The standard InChI is InChI=1S/C18H18F3N3O2/c19-18(20,21)26-14-4-2-12(3-5-14)16(25)24-9-1-7-17(11-24)8-6-13-10-22-23-15(13)17/h2-5,10H,1,6-9,11H2,(H,22,23). The maximum absolute atomic E-state index is 12.8. The van der Waals surface area contributed by atoms with E-state index in [1.807, 2.05) is 6.20 Å². The Morgan fingerprint density at radius 3 is 2.73 bits per heavy atom. The molecule has 4 rings (SSSR count). The number of likely N-dealkylation sites (tertiary alicyclic amines) is 1. The minimum Gasteiger partial charge on any atom is -0.406 e. The number of H-pyrrole nitrogens is 1. The molecule has 1 spiro atoms. The van der Waals surface area contributed by atoms with Gasteiger partial charge in [-0.25, -0.2) is 0 Å². The molecule has 138 valence electrons. The first-order chi connectivity index (χ1) is 12.4. The number of ether oxygens (including phenoxy) is 1. The number of aromatic amines is 1.